The first kappa shape index (κ1) is 13.2. The molecule has 1 unspecified atom stereocenters. The second-order valence-corrected chi connectivity index (χ2v) is 4.16. The molecule has 4 nitrogen and oxygen atoms in total. The van der Waals surface area contributed by atoms with Gasteiger partial charge in [0.05, 0.1) is 25.8 Å². The second kappa shape index (κ2) is 6.62. The van der Waals surface area contributed by atoms with E-state index in [1.807, 2.05) is 24.5 Å². The maximum absolute atomic E-state index is 5.56. The van der Waals surface area contributed by atoms with E-state index in [-0.39, 0.29) is 6.04 Å². The van der Waals surface area contributed by atoms with Crippen molar-refractivity contribution in [3.8, 4) is 11.5 Å². The Morgan fingerprint density at radius 3 is 2.25 bits per heavy atom. The number of hydrogen-bond donors (Lipinski definition) is 2. The standard InChI is InChI=1S/C11H18N2O2S/c1-14-9-5-4-6-10(15-2)11(9)8(13-12)7-16-3/h4-6,8,13H,7,12H2,1-3H3. The van der Waals surface area contributed by atoms with Crippen LogP contribution in [0, 0.1) is 0 Å². The Labute approximate surface area is 100 Å². The van der Waals surface area contributed by atoms with Gasteiger partial charge in [-0.1, -0.05) is 6.07 Å². The smallest absolute Gasteiger partial charge is 0.127 e. The predicted molar refractivity (Wildman–Crippen MR) is 68.0 cm³/mol. The SMILES string of the molecule is COc1cccc(OC)c1C(CSC)NN. The molecular formula is C11H18N2O2S. The van der Waals surface area contributed by atoms with Crippen molar-refractivity contribution in [3.63, 3.8) is 0 Å². The van der Waals surface area contributed by atoms with Crippen molar-refractivity contribution < 1.29 is 9.47 Å². The molecule has 1 atom stereocenters. The number of ether oxygens (including phenoxy) is 2. The minimum atomic E-state index is 0.0149. The third-order valence-electron chi connectivity index (χ3n) is 2.35. The summed E-state index contributed by atoms with van der Waals surface area (Å²) in [6.45, 7) is 0. The molecule has 0 saturated carbocycles. The van der Waals surface area contributed by atoms with Gasteiger partial charge in [-0.25, -0.2) is 0 Å². The van der Waals surface area contributed by atoms with Crippen LogP contribution in [-0.4, -0.2) is 26.2 Å². The third kappa shape index (κ3) is 2.81. The van der Waals surface area contributed by atoms with E-state index in [9.17, 15) is 0 Å². The van der Waals surface area contributed by atoms with Crippen LogP contribution >= 0.6 is 11.8 Å². The zero-order valence-corrected chi connectivity index (χ0v) is 10.6. The Bertz CT molecular complexity index is 312. The minimum absolute atomic E-state index is 0.0149. The fraction of sp³-hybridized carbons (Fsp3) is 0.455. The number of thioether (sulfide) groups is 1. The number of nitrogens with two attached hydrogens (primary N) is 1. The summed E-state index contributed by atoms with van der Waals surface area (Å²) < 4.78 is 10.7. The monoisotopic (exact) mass is 242 g/mol. The Hall–Kier alpha value is -0.910. The van der Waals surface area contributed by atoms with Gasteiger partial charge in [-0.05, 0) is 18.4 Å². The molecule has 1 aromatic rings. The van der Waals surface area contributed by atoms with Crippen molar-refractivity contribution in [2.24, 2.45) is 5.84 Å². The number of benzene rings is 1. The molecule has 3 N–H and O–H groups in total. The van der Waals surface area contributed by atoms with Crippen molar-refractivity contribution in [1.29, 1.82) is 0 Å². The molecule has 0 bridgehead atoms. The van der Waals surface area contributed by atoms with E-state index in [2.05, 4.69) is 5.43 Å². The number of nitrogens with one attached hydrogen (secondary N) is 1. The molecule has 16 heavy (non-hydrogen) atoms. The first-order chi connectivity index (χ1) is 7.78. The lowest BCUT2D eigenvalue weighted by molar-refractivity contribution is 0.375. The predicted octanol–water partition coefficient (Wildman–Crippen LogP) is 1.57. The molecule has 0 aromatic heterocycles. The summed E-state index contributed by atoms with van der Waals surface area (Å²) >= 11 is 1.71. The van der Waals surface area contributed by atoms with Crippen molar-refractivity contribution >= 4 is 11.8 Å². The highest BCUT2D eigenvalue weighted by molar-refractivity contribution is 7.98. The molecule has 5 heteroatoms. The van der Waals surface area contributed by atoms with Gasteiger partial charge in [0.15, 0.2) is 0 Å². The quantitative estimate of drug-likeness (QED) is 0.586. The number of rotatable bonds is 6. The Morgan fingerprint density at radius 2 is 1.88 bits per heavy atom. The Balaban J connectivity index is 3.14. The van der Waals surface area contributed by atoms with Gasteiger partial charge in [0.1, 0.15) is 11.5 Å². The van der Waals surface area contributed by atoms with Crippen LogP contribution < -0.4 is 20.7 Å². The van der Waals surface area contributed by atoms with Crippen molar-refractivity contribution in [2.45, 2.75) is 6.04 Å². The lowest BCUT2D eigenvalue weighted by Gasteiger charge is -2.20. The fourth-order valence-electron chi connectivity index (χ4n) is 1.60. The second-order valence-electron chi connectivity index (χ2n) is 3.25. The molecule has 0 aliphatic heterocycles. The van der Waals surface area contributed by atoms with E-state index in [1.54, 1.807) is 26.0 Å². The fourth-order valence-corrected chi connectivity index (χ4v) is 2.20. The molecule has 0 saturated heterocycles. The van der Waals surface area contributed by atoms with Crippen LogP contribution in [0.2, 0.25) is 0 Å². The van der Waals surface area contributed by atoms with Crippen LogP contribution in [0.3, 0.4) is 0 Å². The van der Waals surface area contributed by atoms with Gasteiger partial charge in [-0.3, -0.25) is 11.3 Å². The lowest BCUT2D eigenvalue weighted by atomic mass is 10.1. The van der Waals surface area contributed by atoms with Gasteiger partial charge in [-0.2, -0.15) is 11.8 Å². The molecule has 0 spiro atoms. The van der Waals surface area contributed by atoms with Gasteiger partial charge in [0.2, 0.25) is 0 Å². The topological polar surface area (TPSA) is 56.5 Å². The molecule has 0 fully saturated rings. The molecule has 1 rings (SSSR count). The maximum atomic E-state index is 5.56. The van der Waals surface area contributed by atoms with Crippen LogP contribution in [0.5, 0.6) is 11.5 Å². The molecule has 1 aromatic carbocycles. The molecule has 0 amide bonds. The summed E-state index contributed by atoms with van der Waals surface area (Å²) in [4.78, 5) is 0. The normalized spacial score (nSPS) is 12.2. The molecule has 0 aliphatic rings. The third-order valence-corrected chi connectivity index (χ3v) is 3.02. The first-order valence-electron chi connectivity index (χ1n) is 4.94. The van der Waals surface area contributed by atoms with Crippen molar-refractivity contribution in [3.05, 3.63) is 23.8 Å². The van der Waals surface area contributed by atoms with Gasteiger partial charge >= 0.3 is 0 Å². The van der Waals surface area contributed by atoms with Crippen LogP contribution in [0.15, 0.2) is 18.2 Å². The van der Waals surface area contributed by atoms with Crippen LogP contribution in [-0.2, 0) is 0 Å². The maximum Gasteiger partial charge on any atom is 0.127 e. The summed E-state index contributed by atoms with van der Waals surface area (Å²) in [6.07, 6.45) is 2.03. The average Bonchev–Trinajstić information content (AvgIpc) is 2.35. The van der Waals surface area contributed by atoms with Gasteiger partial charge < -0.3 is 9.47 Å². The van der Waals surface area contributed by atoms with E-state index < -0.39 is 0 Å². The van der Waals surface area contributed by atoms with Crippen LogP contribution in [0.4, 0.5) is 0 Å². The Kier molecular flexibility index (Phi) is 5.45. The van der Waals surface area contributed by atoms with Crippen LogP contribution in [0.1, 0.15) is 11.6 Å². The minimum Gasteiger partial charge on any atom is -0.496 e. The molecule has 0 aliphatic carbocycles. The average molecular weight is 242 g/mol. The summed E-state index contributed by atoms with van der Waals surface area (Å²) in [7, 11) is 3.29. The van der Waals surface area contributed by atoms with Gasteiger partial charge in [-0.15, -0.1) is 0 Å². The van der Waals surface area contributed by atoms with Gasteiger partial charge in [0, 0.05) is 5.75 Å². The van der Waals surface area contributed by atoms with E-state index in [1.165, 1.54) is 0 Å². The Morgan fingerprint density at radius 1 is 1.31 bits per heavy atom. The molecular weight excluding hydrogens is 224 g/mol. The van der Waals surface area contributed by atoms with Crippen molar-refractivity contribution in [2.75, 3.05) is 26.2 Å². The van der Waals surface area contributed by atoms with E-state index in [0.717, 1.165) is 22.8 Å². The summed E-state index contributed by atoms with van der Waals surface area (Å²) in [5, 5.41) is 0. The van der Waals surface area contributed by atoms with E-state index >= 15 is 0 Å². The molecule has 0 radical (unpaired) electrons. The molecule has 90 valence electrons. The van der Waals surface area contributed by atoms with E-state index in [0.29, 0.717) is 0 Å². The zero-order valence-electron chi connectivity index (χ0n) is 9.82. The highest BCUT2D eigenvalue weighted by Gasteiger charge is 2.19. The van der Waals surface area contributed by atoms with Crippen molar-refractivity contribution in [1.82, 2.24) is 5.43 Å². The number of hydrogen-bond acceptors (Lipinski definition) is 5. The largest absolute Gasteiger partial charge is 0.496 e. The first-order valence-corrected chi connectivity index (χ1v) is 6.33. The summed E-state index contributed by atoms with van der Waals surface area (Å²) in [5.74, 6) is 7.99. The van der Waals surface area contributed by atoms with E-state index in [4.69, 9.17) is 15.3 Å². The summed E-state index contributed by atoms with van der Waals surface area (Å²) in [5.41, 5.74) is 3.75. The lowest BCUT2D eigenvalue weighted by Crippen LogP contribution is -2.30. The van der Waals surface area contributed by atoms with Crippen LogP contribution in [0.25, 0.3) is 0 Å². The number of hydrazine groups is 1. The zero-order chi connectivity index (χ0) is 12.0. The number of methoxy groups -OCH3 is 2. The highest BCUT2D eigenvalue weighted by Crippen LogP contribution is 2.34. The van der Waals surface area contributed by atoms with Gasteiger partial charge in [0.25, 0.3) is 0 Å². The highest BCUT2D eigenvalue weighted by atomic mass is 32.2. The molecule has 0 heterocycles. The summed E-state index contributed by atoms with van der Waals surface area (Å²) in [6, 6.07) is 5.72.